The molecule has 1 aromatic rings. The van der Waals surface area contributed by atoms with Crippen LogP contribution in [-0.4, -0.2) is 24.9 Å². The minimum atomic E-state index is 0.359. The Labute approximate surface area is 132 Å². The monoisotopic (exact) mass is 303 g/mol. The molecule has 1 aliphatic heterocycles. The first-order valence-corrected chi connectivity index (χ1v) is 8.86. The molecular weight excluding hydrogens is 278 g/mol. The number of thioether (sulfide) groups is 1. The first-order valence-electron chi connectivity index (χ1n) is 7.87. The van der Waals surface area contributed by atoms with E-state index < -0.39 is 0 Å². The number of nitrogens with zero attached hydrogens (tertiary/aromatic N) is 2. The van der Waals surface area contributed by atoms with E-state index in [0.717, 1.165) is 40.8 Å². The summed E-state index contributed by atoms with van der Waals surface area (Å²) < 4.78 is 0. The lowest BCUT2D eigenvalue weighted by Crippen LogP contribution is -2.47. The van der Waals surface area contributed by atoms with Gasteiger partial charge in [0.15, 0.2) is 0 Å². The number of hydrogen-bond donors (Lipinski definition) is 1. The van der Waals surface area contributed by atoms with Crippen molar-refractivity contribution in [2.24, 2.45) is 11.7 Å². The Balaban J connectivity index is 2.32. The average molecular weight is 303 g/mol. The quantitative estimate of drug-likeness (QED) is 0.844. The van der Waals surface area contributed by atoms with Crippen molar-refractivity contribution < 1.29 is 0 Å². The van der Waals surface area contributed by atoms with Crippen LogP contribution in [0.5, 0.6) is 0 Å². The molecule has 2 N–H and O–H groups in total. The first kappa shape index (κ1) is 16.2. The molecule has 114 valence electrons. The lowest BCUT2D eigenvalue weighted by Gasteiger charge is -2.41. The van der Waals surface area contributed by atoms with Crippen LogP contribution in [0.15, 0.2) is 23.1 Å². The van der Waals surface area contributed by atoms with Crippen LogP contribution >= 0.6 is 11.8 Å². The van der Waals surface area contributed by atoms with E-state index in [4.69, 9.17) is 5.73 Å². The standard InChI is InChI=1S/C17H25N3S/c1-3-13-8-9-20(14(10-13)11-18)16-6-5-7-17(21-4-2)15(16)12-19/h5-7,13-14H,3-4,8-11,18H2,1-2H3. The van der Waals surface area contributed by atoms with Gasteiger partial charge in [-0.3, -0.25) is 0 Å². The third-order valence-electron chi connectivity index (χ3n) is 4.40. The molecule has 0 aliphatic carbocycles. The molecule has 1 aromatic carbocycles. The molecule has 2 atom stereocenters. The molecular formula is C17H25N3S. The van der Waals surface area contributed by atoms with Gasteiger partial charge in [-0.25, -0.2) is 0 Å². The highest BCUT2D eigenvalue weighted by atomic mass is 32.2. The normalized spacial score (nSPS) is 22.1. The fourth-order valence-corrected chi connectivity index (χ4v) is 3.97. The van der Waals surface area contributed by atoms with E-state index in [-0.39, 0.29) is 0 Å². The average Bonchev–Trinajstić information content (AvgIpc) is 2.54. The summed E-state index contributed by atoms with van der Waals surface area (Å²) in [5.74, 6) is 1.75. The van der Waals surface area contributed by atoms with Crippen molar-refractivity contribution >= 4 is 17.4 Å². The van der Waals surface area contributed by atoms with Crippen LogP contribution in [0.25, 0.3) is 0 Å². The topological polar surface area (TPSA) is 53.0 Å². The number of benzene rings is 1. The smallest absolute Gasteiger partial charge is 0.103 e. The Hall–Kier alpha value is -1.18. The zero-order chi connectivity index (χ0) is 15.2. The maximum atomic E-state index is 9.59. The van der Waals surface area contributed by atoms with Crippen LogP contribution in [0.3, 0.4) is 0 Å². The summed E-state index contributed by atoms with van der Waals surface area (Å²) in [5, 5.41) is 9.59. The predicted octanol–water partition coefficient (Wildman–Crippen LogP) is 3.62. The molecule has 2 rings (SSSR count). The van der Waals surface area contributed by atoms with Crippen LogP contribution in [0, 0.1) is 17.2 Å². The van der Waals surface area contributed by atoms with E-state index in [2.05, 4.69) is 36.9 Å². The zero-order valence-corrected chi connectivity index (χ0v) is 13.8. The molecule has 1 heterocycles. The summed E-state index contributed by atoms with van der Waals surface area (Å²) in [5.41, 5.74) is 7.89. The molecule has 21 heavy (non-hydrogen) atoms. The Kier molecular flexibility index (Phi) is 5.96. The first-order chi connectivity index (χ1) is 10.2. The maximum absolute atomic E-state index is 9.59. The minimum Gasteiger partial charge on any atom is -0.366 e. The van der Waals surface area contributed by atoms with Crippen LogP contribution in [-0.2, 0) is 0 Å². The molecule has 0 amide bonds. The van der Waals surface area contributed by atoms with E-state index in [1.54, 1.807) is 11.8 Å². The molecule has 0 aromatic heterocycles. The van der Waals surface area contributed by atoms with Gasteiger partial charge >= 0.3 is 0 Å². The highest BCUT2D eigenvalue weighted by molar-refractivity contribution is 7.99. The lowest BCUT2D eigenvalue weighted by molar-refractivity contribution is 0.335. The van der Waals surface area contributed by atoms with Crippen LogP contribution in [0.2, 0.25) is 0 Å². The second kappa shape index (κ2) is 7.72. The SMILES string of the molecule is CCSc1cccc(N2CCC(CC)CC2CN)c1C#N. The fraction of sp³-hybridized carbons (Fsp3) is 0.588. The third kappa shape index (κ3) is 3.53. The van der Waals surface area contributed by atoms with Gasteiger partial charge in [0.25, 0.3) is 0 Å². The van der Waals surface area contributed by atoms with Gasteiger partial charge < -0.3 is 10.6 Å². The van der Waals surface area contributed by atoms with Crippen molar-refractivity contribution in [2.75, 3.05) is 23.7 Å². The van der Waals surface area contributed by atoms with E-state index >= 15 is 0 Å². The number of piperidine rings is 1. The zero-order valence-electron chi connectivity index (χ0n) is 13.0. The van der Waals surface area contributed by atoms with Gasteiger partial charge in [0.05, 0.1) is 11.3 Å². The summed E-state index contributed by atoms with van der Waals surface area (Å²) in [6.07, 6.45) is 3.56. The van der Waals surface area contributed by atoms with Gasteiger partial charge in [0.2, 0.25) is 0 Å². The molecule has 0 radical (unpaired) electrons. The minimum absolute atomic E-state index is 0.359. The molecule has 0 spiro atoms. The van der Waals surface area contributed by atoms with Crippen molar-refractivity contribution in [2.45, 2.75) is 44.0 Å². The predicted molar refractivity (Wildman–Crippen MR) is 90.8 cm³/mol. The van der Waals surface area contributed by atoms with Gasteiger partial charge in [0.1, 0.15) is 6.07 Å². The van der Waals surface area contributed by atoms with Crippen LogP contribution in [0.1, 0.15) is 38.7 Å². The van der Waals surface area contributed by atoms with Gasteiger partial charge in [0, 0.05) is 24.0 Å². The second-order valence-corrected chi connectivity index (χ2v) is 6.88. The molecule has 0 saturated carbocycles. The van der Waals surface area contributed by atoms with Gasteiger partial charge in [-0.15, -0.1) is 11.8 Å². The lowest BCUT2D eigenvalue weighted by atomic mass is 9.88. The van der Waals surface area contributed by atoms with E-state index in [1.807, 2.05) is 6.07 Å². The number of nitriles is 1. The number of rotatable bonds is 5. The fourth-order valence-electron chi connectivity index (χ4n) is 3.19. The highest BCUT2D eigenvalue weighted by Crippen LogP contribution is 2.35. The molecule has 1 saturated heterocycles. The van der Waals surface area contributed by atoms with Crippen molar-refractivity contribution in [1.29, 1.82) is 5.26 Å². The molecule has 1 aliphatic rings. The van der Waals surface area contributed by atoms with Gasteiger partial charge in [-0.1, -0.05) is 26.3 Å². The summed E-state index contributed by atoms with van der Waals surface area (Å²) in [7, 11) is 0. The highest BCUT2D eigenvalue weighted by Gasteiger charge is 2.28. The number of nitrogens with two attached hydrogens (primary N) is 1. The van der Waals surface area contributed by atoms with E-state index in [0.29, 0.717) is 12.6 Å². The van der Waals surface area contributed by atoms with E-state index in [1.165, 1.54) is 12.8 Å². The molecule has 2 unspecified atom stereocenters. The third-order valence-corrected chi connectivity index (χ3v) is 5.34. The second-order valence-electron chi connectivity index (χ2n) is 5.58. The van der Waals surface area contributed by atoms with Crippen molar-refractivity contribution in [1.82, 2.24) is 0 Å². The van der Waals surface area contributed by atoms with E-state index in [9.17, 15) is 5.26 Å². The van der Waals surface area contributed by atoms with Gasteiger partial charge in [-0.2, -0.15) is 5.26 Å². The summed E-state index contributed by atoms with van der Waals surface area (Å²) >= 11 is 1.74. The number of anilines is 1. The molecule has 3 nitrogen and oxygen atoms in total. The van der Waals surface area contributed by atoms with Crippen LogP contribution in [0.4, 0.5) is 5.69 Å². The number of hydrogen-bond acceptors (Lipinski definition) is 4. The van der Waals surface area contributed by atoms with Crippen LogP contribution < -0.4 is 10.6 Å². The maximum Gasteiger partial charge on any atom is 0.103 e. The molecule has 0 bridgehead atoms. The summed E-state index contributed by atoms with van der Waals surface area (Å²) in [6, 6.07) is 8.96. The molecule has 1 fully saturated rings. The molecule has 4 heteroatoms. The summed E-state index contributed by atoms with van der Waals surface area (Å²) in [6.45, 7) is 6.04. The Morgan fingerprint density at radius 1 is 1.43 bits per heavy atom. The Morgan fingerprint density at radius 2 is 2.24 bits per heavy atom. The van der Waals surface area contributed by atoms with Crippen molar-refractivity contribution in [3.05, 3.63) is 23.8 Å². The van der Waals surface area contributed by atoms with Gasteiger partial charge in [-0.05, 0) is 36.6 Å². The van der Waals surface area contributed by atoms with Crippen molar-refractivity contribution in [3.8, 4) is 6.07 Å². The Bertz CT molecular complexity index is 509. The van der Waals surface area contributed by atoms with Crippen molar-refractivity contribution in [3.63, 3.8) is 0 Å². The largest absolute Gasteiger partial charge is 0.366 e. The summed E-state index contributed by atoms with van der Waals surface area (Å²) in [4.78, 5) is 3.45. The Morgan fingerprint density at radius 3 is 2.86 bits per heavy atom.